The molecule has 6 heteroatoms. The molecule has 26 heavy (non-hydrogen) atoms. The van der Waals surface area contributed by atoms with Gasteiger partial charge in [-0.15, -0.1) is 0 Å². The predicted octanol–water partition coefficient (Wildman–Crippen LogP) is 3.35. The third-order valence-electron chi connectivity index (χ3n) is 3.71. The van der Waals surface area contributed by atoms with E-state index in [1.54, 1.807) is 6.26 Å². The quantitative estimate of drug-likeness (QED) is 0.642. The molecule has 0 aliphatic heterocycles. The molecule has 1 heterocycles. The number of likely N-dealkylation sites (N-methyl/N-ethyl adjacent to an activating group) is 1. The molecular weight excluding hydrogens is 328 g/mol. The highest BCUT2D eigenvalue weighted by Crippen LogP contribution is 2.19. The minimum atomic E-state index is -0.0484. The Morgan fingerprint density at radius 3 is 2.31 bits per heavy atom. The van der Waals surface area contributed by atoms with Crippen LogP contribution in [-0.4, -0.2) is 19.5 Å². The van der Waals surface area contributed by atoms with Crippen molar-refractivity contribution in [1.29, 1.82) is 0 Å². The van der Waals surface area contributed by atoms with E-state index in [-0.39, 0.29) is 5.91 Å². The Balaban J connectivity index is 1.50. The molecule has 0 spiro atoms. The van der Waals surface area contributed by atoms with Gasteiger partial charge in [-0.2, -0.15) is 10.2 Å². The molecule has 1 unspecified atom stereocenters. The molecular formula is C20H21N4O2+. The molecule has 0 saturated carbocycles. The SMILES string of the molecule is C[NH+](CC(=O)Nc1ccc(N=Nc2ccccc2)cc1)Cc1ccco1. The van der Waals surface area contributed by atoms with Crippen LogP contribution in [0.25, 0.3) is 0 Å². The number of nitrogens with zero attached hydrogens (tertiary/aromatic N) is 2. The van der Waals surface area contributed by atoms with Gasteiger partial charge in [-0.3, -0.25) is 4.79 Å². The van der Waals surface area contributed by atoms with E-state index in [0.29, 0.717) is 13.1 Å². The van der Waals surface area contributed by atoms with E-state index in [1.807, 2.05) is 73.8 Å². The number of azo groups is 1. The van der Waals surface area contributed by atoms with Crippen LogP contribution in [0.15, 0.2) is 87.6 Å². The number of hydrogen-bond donors (Lipinski definition) is 2. The van der Waals surface area contributed by atoms with E-state index >= 15 is 0 Å². The van der Waals surface area contributed by atoms with Gasteiger partial charge in [0.15, 0.2) is 12.3 Å². The molecule has 0 bridgehead atoms. The first kappa shape index (κ1) is 17.6. The van der Waals surface area contributed by atoms with Crippen LogP contribution < -0.4 is 10.2 Å². The molecule has 6 nitrogen and oxygen atoms in total. The zero-order chi connectivity index (χ0) is 18.2. The maximum Gasteiger partial charge on any atom is 0.279 e. The highest BCUT2D eigenvalue weighted by molar-refractivity contribution is 5.91. The summed E-state index contributed by atoms with van der Waals surface area (Å²) >= 11 is 0. The van der Waals surface area contributed by atoms with Crippen LogP contribution in [0.2, 0.25) is 0 Å². The van der Waals surface area contributed by atoms with E-state index < -0.39 is 0 Å². The Hall–Kier alpha value is -3.25. The zero-order valence-electron chi connectivity index (χ0n) is 14.6. The monoisotopic (exact) mass is 349 g/mol. The molecule has 1 amide bonds. The summed E-state index contributed by atoms with van der Waals surface area (Å²) < 4.78 is 5.30. The summed E-state index contributed by atoms with van der Waals surface area (Å²) in [6.45, 7) is 1.02. The number of hydrogen-bond acceptors (Lipinski definition) is 4. The van der Waals surface area contributed by atoms with E-state index in [4.69, 9.17) is 4.42 Å². The van der Waals surface area contributed by atoms with Crippen LogP contribution in [0.3, 0.4) is 0 Å². The van der Waals surface area contributed by atoms with Crippen LogP contribution in [0.4, 0.5) is 17.1 Å². The zero-order valence-corrected chi connectivity index (χ0v) is 14.6. The third-order valence-corrected chi connectivity index (χ3v) is 3.71. The number of amides is 1. The van der Waals surface area contributed by atoms with Gasteiger partial charge in [-0.05, 0) is 48.5 Å². The average Bonchev–Trinajstić information content (AvgIpc) is 3.14. The van der Waals surface area contributed by atoms with Gasteiger partial charge in [-0.25, -0.2) is 0 Å². The molecule has 2 aromatic carbocycles. The second-order valence-electron chi connectivity index (χ2n) is 6.02. The fraction of sp³-hybridized carbons (Fsp3) is 0.150. The topological polar surface area (TPSA) is 71.4 Å². The van der Waals surface area contributed by atoms with Crippen molar-refractivity contribution in [3.05, 3.63) is 78.8 Å². The lowest BCUT2D eigenvalue weighted by Gasteiger charge is -2.12. The molecule has 0 fully saturated rings. The maximum atomic E-state index is 12.1. The normalized spacial score (nSPS) is 12.2. The Labute approximate surface area is 152 Å². The first-order chi connectivity index (χ1) is 12.7. The van der Waals surface area contributed by atoms with Gasteiger partial charge in [0, 0.05) is 5.69 Å². The maximum absolute atomic E-state index is 12.1. The van der Waals surface area contributed by atoms with Crippen molar-refractivity contribution in [3.63, 3.8) is 0 Å². The first-order valence-corrected chi connectivity index (χ1v) is 8.39. The predicted molar refractivity (Wildman–Crippen MR) is 99.9 cm³/mol. The van der Waals surface area contributed by atoms with E-state index in [1.165, 1.54) is 0 Å². The molecule has 1 atom stereocenters. The van der Waals surface area contributed by atoms with Crippen molar-refractivity contribution in [3.8, 4) is 0 Å². The highest BCUT2D eigenvalue weighted by atomic mass is 16.3. The minimum absolute atomic E-state index is 0.0484. The summed E-state index contributed by atoms with van der Waals surface area (Å²) in [5, 5.41) is 11.2. The van der Waals surface area contributed by atoms with Gasteiger partial charge in [0.25, 0.3) is 5.91 Å². The molecule has 0 aliphatic carbocycles. The third kappa shape index (κ3) is 5.39. The van der Waals surface area contributed by atoms with E-state index in [0.717, 1.165) is 27.7 Å². The lowest BCUT2D eigenvalue weighted by molar-refractivity contribution is -0.886. The summed E-state index contributed by atoms with van der Waals surface area (Å²) in [6, 6.07) is 20.6. The molecule has 0 aliphatic rings. The summed E-state index contributed by atoms with van der Waals surface area (Å²) in [6.07, 6.45) is 1.64. The molecule has 2 N–H and O–H groups in total. The van der Waals surface area contributed by atoms with Gasteiger partial charge >= 0.3 is 0 Å². The Kier molecular flexibility index (Phi) is 5.90. The number of carbonyl (C=O) groups is 1. The highest BCUT2D eigenvalue weighted by Gasteiger charge is 2.12. The van der Waals surface area contributed by atoms with Crippen LogP contribution in [0.5, 0.6) is 0 Å². The molecule has 1 aromatic heterocycles. The summed E-state index contributed by atoms with van der Waals surface area (Å²) in [7, 11) is 1.95. The largest absolute Gasteiger partial charge is 0.463 e. The number of nitrogens with one attached hydrogen (secondary N) is 2. The van der Waals surface area contributed by atoms with Gasteiger partial charge in [0.2, 0.25) is 0 Å². The van der Waals surface area contributed by atoms with Crippen LogP contribution in [0.1, 0.15) is 5.76 Å². The lowest BCUT2D eigenvalue weighted by Crippen LogP contribution is -3.08. The number of carbonyl (C=O) groups excluding carboxylic acids is 1. The van der Waals surface area contributed by atoms with Crippen LogP contribution in [-0.2, 0) is 11.3 Å². The molecule has 132 valence electrons. The second kappa shape index (κ2) is 8.73. The van der Waals surface area contributed by atoms with Crippen molar-refractivity contribution in [1.82, 2.24) is 0 Å². The van der Waals surface area contributed by atoms with Crippen molar-refractivity contribution >= 4 is 23.0 Å². The van der Waals surface area contributed by atoms with Gasteiger partial charge in [-0.1, -0.05) is 18.2 Å². The number of quaternary nitrogens is 1. The van der Waals surface area contributed by atoms with Crippen molar-refractivity contribution in [2.75, 3.05) is 18.9 Å². The Bertz CT molecular complexity index is 843. The van der Waals surface area contributed by atoms with Gasteiger partial charge in [0.1, 0.15) is 6.54 Å². The Morgan fingerprint density at radius 2 is 1.65 bits per heavy atom. The number of furan rings is 1. The molecule has 3 aromatic rings. The standard InChI is InChI=1S/C20H20N4O2/c1-24(14-19-8-5-13-26-19)15-20(25)21-16-9-11-18(12-10-16)23-22-17-6-3-2-4-7-17/h2-13H,14-15H2,1H3,(H,21,25)/p+1. The molecule has 0 radical (unpaired) electrons. The summed E-state index contributed by atoms with van der Waals surface area (Å²) in [5.41, 5.74) is 2.26. The van der Waals surface area contributed by atoms with E-state index in [2.05, 4.69) is 15.5 Å². The van der Waals surface area contributed by atoms with Crippen molar-refractivity contribution in [2.24, 2.45) is 10.2 Å². The van der Waals surface area contributed by atoms with Crippen molar-refractivity contribution < 1.29 is 14.1 Å². The fourth-order valence-electron chi connectivity index (χ4n) is 2.47. The smallest absolute Gasteiger partial charge is 0.279 e. The fourth-order valence-corrected chi connectivity index (χ4v) is 2.47. The van der Waals surface area contributed by atoms with Gasteiger partial charge in [0.05, 0.1) is 24.7 Å². The second-order valence-corrected chi connectivity index (χ2v) is 6.02. The van der Waals surface area contributed by atoms with Crippen molar-refractivity contribution in [2.45, 2.75) is 6.54 Å². The molecule has 0 saturated heterocycles. The molecule has 3 rings (SSSR count). The summed E-state index contributed by atoms with van der Waals surface area (Å²) in [4.78, 5) is 13.2. The number of rotatable bonds is 7. The number of benzene rings is 2. The van der Waals surface area contributed by atoms with Gasteiger partial charge < -0.3 is 14.6 Å². The van der Waals surface area contributed by atoms with E-state index in [9.17, 15) is 4.79 Å². The Morgan fingerprint density at radius 1 is 0.962 bits per heavy atom. The lowest BCUT2D eigenvalue weighted by atomic mass is 10.3. The average molecular weight is 349 g/mol. The minimum Gasteiger partial charge on any atom is -0.463 e. The summed E-state index contributed by atoms with van der Waals surface area (Å²) in [5.74, 6) is 0.816. The van der Waals surface area contributed by atoms with Crippen LogP contribution >= 0.6 is 0 Å². The number of anilines is 1. The van der Waals surface area contributed by atoms with Crippen LogP contribution in [0, 0.1) is 0 Å². The first-order valence-electron chi connectivity index (χ1n) is 8.39.